The molecule has 7 nitrogen and oxygen atoms in total. The van der Waals surface area contributed by atoms with E-state index < -0.39 is 24.2 Å². The standard InChI is InChI=1S/C20H27F3N2O5/c1-13(24-18(27)30-19(2,3)4)16-12-25(9-10-28-16)17(26)11-14-5-7-15(8-6-14)29-20(21,22)23/h5-8,13,16H,9-12H2,1-4H3,(H,24,27). The summed E-state index contributed by atoms with van der Waals surface area (Å²) in [6.07, 6.45) is -5.70. The molecule has 2 rings (SSSR count). The van der Waals surface area contributed by atoms with E-state index in [0.29, 0.717) is 18.7 Å². The van der Waals surface area contributed by atoms with Crippen LogP contribution in [0.2, 0.25) is 0 Å². The molecule has 1 aromatic carbocycles. The molecule has 0 bridgehead atoms. The zero-order valence-corrected chi connectivity index (χ0v) is 17.4. The summed E-state index contributed by atoms with van der Waals surface area (Å²) in [5.41, 5.74) is -0.0580. The molecule has 0 radical (unpaired) electrons. The number of carbonyl (C=O) groups is 2. The SMILES string of the molecule is CC(NC(=O)OC(C)(C)C)C1CN(C(=O)Cc2ccc(OC(F)(F)F)cc2)CCO1. The van der Waals surface area contributed by atoms with E-state index in [-0.39, 0.29) is 30.7 Å². The first kappa shape index (κ1) is 23.8. The van der Waals surface area contributed by atoms with E-state index in [1.807, 2.05) is 0 Å². The van der Waals surface area contributed by atoms with Crippen LogP contribution in [0.1, 0.15) is 33.3 Å². The van der Waals surface area contributed by atoms with Gasteiger partial charge < -0.3 is 24.4 Å². The third kappa shape index (κ3) is 8.10. The molecule has 1 N–H and O–H groups in total. The van der Waals surface area contributed by atoms with Crippen LogP contribution in [-0.2, 0) is 20.7 Å². The van der Waals surface area contributed by atoms with Crippen LogP contribution in [0.5, 0.6) is 5.75 Å². The van der Waals surface area contributed by atoms with E-state index in [4.69, 9.17) is 9.47 Å². The fourth-order valence-corrected chi connectivity index (χ4v) is 2.89. The Labute approximate surface area is 173 Å². The Balaban J connectivity index is 1.88. The van der Waals surface area contributed by atoms with E-state index in [2.05, 4.69) is 10.1 Å². The second-order valence-electron chi connectivity index (χ2n) is 8.05. The Morgan fingerprint density at radius 1 is 1.23 bits per heavy atom. The van der Waals surface area contributed by atoms with Gasteiger partial charge in [0.2, 0.25) is 5.91 Å². The van der Waals surface area contributed by atoms with Gasteiger partial charge in [-0.15, -0.1) is 13.2 Å². The van der Waals surface area contributed by atoms with Crippen LogP contribution < -0.4 is 10.1 Å². The number of hydrogen-bond acceptors (Lipinski definition) is 5. The number of ether oxygens (including phenoxy) is 3. The van der Waals surface area contributed by atoms with Gasteiger partial charge in [0.15, 0.2) is 0 Å². The van der Waals surface area contributed by atoms with Gasteiger partial charge in [-0.3, -0.25) is 4.79 Å². The number of amides is 2. The van der Waals surface area contributed by atoms with Crippen molar-refractivity contribution in [2.45, 2.75) is 58.2 Å². The highest BCUT2D eigenvalue weighted by Gasteiger charge is 2.32. The van der Waals surface area contributed by atoms with Crippen LogP contribution in [0.4, 0.5) is 18.0 Å². The molecule has 1 aliphatic rings. The lowest BCUT2D eigenvalue weighted by atomic mass is 10.1. The van der Waals surface area contributed by atoms with Crippen molar-refractivity contribution in [3.8, 4) is 5.75 Å². The molecule has 2 atom stereocenters. The van der Waals surface area contributed by atoms with Crippen LogP contribution in [0.3, 0.4) is 0 Å². The predicted molar refractivity (Wildman–Crippen MR) is 102 cm³/mol. The summed E-state index contributed by atoms with van der Waals surface area (Å²) in [5.74, 6) is -0.524. The van der Waals surface area contributed by atoms with Crippen molar-refractivity contribution >= 4 is 12.0 Å². The number of rotatable bonds is 5. The minimum Gasteiger partial charge on any atom is -0.444 e. The number of alkyl halides is 3. The molecule has 1 aliphatic heterocycles. The molecular weight excluding hydrogens is 405 g/mol. The van der Waals surface area contributed by atoms with E-state index in [0.717, 1.165) is 0 Å². The van der Waals surface area contributed by atoms with Gasteiger partial charge in [-0.25, -0.2) is 4.79 Å². The maximum Gasteiger partial charge on any atom is 0.573 e. The number of halogens is 3. The van der Waals surface area contributed by atoms with Gasteiger partial charge in [0.1, 0.15) is 11.4 Å². The maximum absolute atomic E-state index is 12.6. The van der Waals surface area contributed by atoms with Crippen molar-refractivity contribution in [3.05, 3.63) is 29.8 Å². The topological polar surface area (TPSA) is 77.1 Å². The molecule has 2 unspecified atom stereocenters. The van der Waals surface area contributed by atoms with Crippen LogP contribution in [0.15, 0.2) is 24.3 Å². The molecule has 30 heavy (non-hydrogen) atoms. The van der Waals surface area contributed by atoms with Gasteiger partial charge in [0.05, 0.1) is 25.2 Å². The second-order valence-corrected chi connectivity index (χ2v) is 8.05. The Morgan fingerprint density at radius 3 is 2.43 bits per heavy atom. The van der Waals surface area contributed by atoms with Crippen LogP contribution in [0, 0.1) is 0 Å². The third-order valence-electron chi connectivity index (χ3n) is 4.26. The van der Waals surface area contributed by atoms with E-state index in [9.17, 15) is 22.8 Å². The van der Waals surface area contributed by atoms with Crippen molar-refractivity contribution in [1.82, 2.24) is 10.2 Å². The second kappa shape index (κ2) is 9.55. The van der Waals surface area contributed by atoms with Gasteiger partial charge in [-0.05, 0) is 45.4 Å². The molecule has 2 amide bonds. The summed E-state index contributed by atoms with van der Waals surface area (Å²) in [7, 11) is 0. The van der Waals surface area contributed by atoms with Crippen LogP contribution in [0.25, 0.3) is 0 Å². The number of morpholine rings is 1. The third-order valence-corrected chi connectivity index (χ3v) is 4.26. The van der Waals surface area contributed by atoms with Crippen molar-refractivity contribution in [1.29, 1.82) is 0 Å². The zero-order chi connectivity index (χ0) is 22.5. The van der Waals surface area contributed by atoms with Crippen LogP contribution in [-0.4, -0.2) is 60.7 Å². The van der Waals surface area contributed by atoms with Crippen molar-refractivity contribution in [2.24, 2.45) is 0 Å². The van der Waals surface area contributed by atoms with E-state index in [1.54, 1.807) is 32.6 Å². The fourth-order valence-electron chi connectivity index (χ4n) is 2.89. The van der Waals surface area contributed by atoms with E-state index in [1.165, 1.54) is 24.3 Å². The summed E-state index contributed by atoms with van der Waals surface area (Å²) in [5, 5.41) is 2.71. The maximum atomic E-state index is 12.6. The smallest absolute Gasteiger partial charge is 0.444 e. The Hall–Kier alpha value is -2.49. The molecular formula is C20H27F3N2O5. The van der Waals surface area contributed by atoms with Crippen molar-refractivity contribution < 1.29 is 37.0 Å². The molecule has 10 heteroatoms. The highest BCUT2D eigenvalue weighted by atomic mass is 19.4. The highest BCUT2D eigenvalue weighted by molar-refractivity contribution is 5.79. The Kier molecular flexibility index (Phi) is 7.57. The number of nitrogens with one attached hydrogen (secondary N) is 1. The Morgan fingerprint density at radius 2 is 1.87 bits per heavy atom. The number of benzene rings is 1. The summed E-state index contributed by atoms with van der Waals surface area (Å²) < 4.78 is 51.4. The molecule has 1 aromatic rings. The lowest BCUT2D eigenvalue weighted by Crippen LogP contribution is -2.54. The molecule has 0 spiro atoms. The largest absolute Gasteiger partial charge is 0.573 e. The minimum absolute atomic E-state index is 0.0346. The summed E-state index contributed by atoms with van der Waals surface area (Å²) in [6, 6.07) is 4.80. The fraction of sp³-hybridized carbons (Fsp3) is 0.600. The first-order chi connectivity index (χ1) is 13.8. The average molecular weight is 432 g/mol. The molecule has 1 fully saturated rings. The van der Waals surface area contributed by atoms with Gasteiger partial charge in [-0.1, -0.05) is 12.1 Å². The van der Waals surface area contributed by atoms with Crippen molar-refractivity contribution in [2.75, 3.05) is 19.7 Å². The van der Waals surface area contributed by atoms with Gasteiger partial charge in [-0.2, -0.15) is 0 Å². The monoisotopic (exact) mass is 432 g/mol. The highest BCUT2D eigenvalue weighted by Crippen LogP contribution is 2.23. The average Bonchev–Trinajstić information content (AvgIpc) is 2.60. The Bertz CT molecular complexity index is 731. The molecule has 0 aromatic heterocycles. The van der Waals surface area contributed by atoms with Gasteiger partial charge in [0, 0.05) is 13.1 Å². The summed E-state index contributed by atoms with van der Waals surface area (Å²) >= 11 is 0. The molecule has 1 heterocycles. The number of hydrogen-bond donors (Lipinski definition) is 1. The molecule has 168 valence electrons. The van der Waals surface area contributed by atoms with Crippen molar-refractivity contribution in [3.63, 3.8) is 0 Å². The first-order valence-electron chi connectivity index (χ1n) is 9.56. The molecule has 0 saturated carbocycles. The van der Waals surface area contributed by atoms with Crippen LogP contribution >= 0.6 is 0 Å². The first-order valence-corrected chi connectivity index (χ1v) is 9.56. The lowest BCUT2D eigenvalue weighted by Gasteiger charge is -2.36. The normalized spacial score (nSPS) is 18.5. The number of carbonyl (C=O) groups excluding carboxylic acids is 2. The molecule has 0 aliphatic carbocycles. The number of alkyl carbamates (subject to hydrolysis) is 1. The summed E-state index contributed by atoms with van der Waals surface area (Å²) in [4.78, 5) is 26.2. The van der Waals surface area contributed by atoms with E-state index >= 15 is 0 Å². The van der Waals surface area contributed by atoms with Gasteiger partial charge >= 0.3 is 12.5 Å². The molecule has 1 saturated heterocycles. The predicted octanol–water partition coefficient (Wildman–Crippen LogP) is 3.27. The lowest BCUT2D eigenvalue weighted by molar-refractivity contribution is -0.274. The summed E-state index contributed by atoms with van der Waals surface area (Å²) in [6.45, 7) is 8.04. The quantitative estimate of drug-likeness (QED) is 0.773. The zero-order valence-electron chi connectivity index (χ0n) is 17.4. The minimum atomic E-state index is -4.76. The number of nitrogens with zero attached hydrogens (tertiary/aromatic N) is 1. The van der Waals surface area contributed by atoms with Gasteiger partial charge in [0.25, 0.3) is 0 Å².